The number of nitrogens with one attached hydrogen (secondary N) is 1. The molecule has 0 fully saturated rings. The van der Waals surface area contributed by atoms with E-state index in [2.05, 4.69) is 41.2 Å². The van der Waals surface area contributed by atoms with Gasteiger partial charge < -0.3 is 10.1 Å². The predicted octanol–water partition coefficient (Wildman–Crippen LogP) is 4.38. The maximum Gasteiger partial charge on any atom is 0.0587 e. The Morgan fingerprint density at radius 2 is 2.21 bits per heavy atom. The summed E-state index contributed by atoms with van der Waals surface area (Å²) in [7, 11) is 1.71. The third-order valence-electron chi connectivity index (χ3n) is 2.86. The molecule has 0 unspecified atom stereocenters. The summed E-state index contributed by atoms with van der Waals surface area (Å²) >= 11 is 9.51. The van der Waals surface area contributed by atoms with Gasteiger partial charge in [-0.05, 0) is 23.6 Å². The lowest BCUT2D eigenvalue weighted by atomic mass is 10.0. The Balaban J connectivity index is 2.76. The van der Waals surface area contributed by atoms with Crippen molar-refractivity contribution in [2.75, 3.05) is 26.8 Å². The molecule has 1 aromatic rings. The van der Waals surface area contributed by atoms with Crippen molar-refractivity contribution in [2.45, 2.75) is 13.8 Å². The molecule has 0 saturated heterocycles. The van der Waals surface area contributed by atoms with E-state index >= 15 is 0 Å². The second-order valence-electron chi connectivity index (χ2n) is 4.71. The van der Waals surface area contributed by atoms with Gasteiger partial charge in [0, 0.05) is 29.7 Å². The lowest BCUT2D eigenvalue weighted by Crippen LogP contribution is -2.23. The molecular weight excluding hydrogens is 326 g/mol. The van der Waals surface area contributed by atoms with Crippen LogP contribution in [-0.4, -0.2) is 26.8 Å². The first-order chi connectivity index (χ1) is 9.04. The van der Waals surface area contributed by atoms with Crippen molar-refractivity contribution in [1.29, 1.82) is 0 Å². The van der Waals surface area contributed by atoms with Crippen LogP contribution < -0.4 is 5.32 Å². The number of methoxy groups -OCH3 is 1. The number of benzene rings is 1. The minimum Gasteiger partial charge on any atom is -0.383 e. The highest BCUT2D eigenvalue weighted by Crippen LogP contribution is 2.25. The molecule has 106 valence electrons. The van der Waals surface area contributed by atoms with Crippen LogP contribution in [0.15, 0.2) is 28.2 Å². The van der Waals surface area contributed by atoms with Crippen LogP contribution in [-0.2, 0) is 4.74 Å². The number of hydrogen-bond acceptors (Lipinski definition) is 2. The number of rotatable bonds is 7. The zero-order valence-corrected chi connectivity index (χ0v) is 14.0. The van der Waals surface area contributed by atoms with E-state index in [1.165, 1.54) is 5.57 Å². The van der Waals surface area contributed by atoms with Gasteiger partial charge in [-0.15, -0.1) is 0 Å². The van der Waals surface area contributed by atoms with Gasteiger partial charge in [0.25, 0.3) is 0 Å². The Hall–Kier alpha value is -0.350. The molecule has 0 aromatic heterocycles. The van der Waals surface area contributed by atoms with Crippen LogP contribution in [0.1, 0.15) is 19.4 Å². The van der Waals surface area contributed by atoms with Crippen molar-refractivity contribution in [3.63, 3.8) is 0 Å². The topological polar surface area (TPSA) is 21.3 Å². The van der Waals surface area contributed by atoms with Crippen LogP contribution in [0.4, 0.5) is 0 Å². The van der Waals surface area contributed by atoms with Gasteiger partial charge in [-0.25, -0.2) is 0 Å². The smallest absolute Gasteiger partial charge is 0.0587 e. The zero-order valence-electron chi connectivity index (χ0n) is 11.7. The normalized spacial score (nSPS) is 12.2. The minimum absolute atomic E-state index is 0.498. The first-order valence-electron chi connectivity index (χ1n) is 6.39. The average Bonchev–Trinajstić information content (AvgIpc) is 2.35. The maximum absolute atomic E-state index is 5.96. The largest absolute Gasteiger partial charge is 0.383 e. The molecule has 0 atom stereocenters. The fourth-order valence-corrected chi connectivity index (χ4v) is 2.44. The molecular formula is C15H21BrClNO. The van der Waals surface area contributed by atoms with E-state index in [9.17, 15) is 0 Å². The number of halogens is 2. The molecule has 0 spiro atoms. The Bertz CT molecular complexity index is 432. The van der Waals surface area contributed by atoms with Crippen molar-refractivity contribution >= 4 is 33.6 Å². The molecule has 19 heavy (non-hydrogen) atoms. The van der Waals surface area contributed by atoms with E-state index in [4.69, 9.17) is 16.3 Å². The molecule has 0 heterocycles. The fourth-order valence-electron chi connectivity index (χ4n) is 1.65. The predicted molar refractivity (Wildman–Crippen MR) is 86.7 cm³/mol. The second-order valence-corrected chi connectivity index (χ2v) is 6.00. The third-order valence-corrected chi connectivity index (χ3v) is 3.78. The van der Waals surface area contributed by atoms with Crippen LogP contribution in [0, 0.1) is 5.92 Å². The van der Waals surface area contributed by atoms with Crippen LogP contribution >= 0.6 is 27.5 Å². The SMILES string of the molecule is COCCNC/C(=C/c1ccc(Cl)cc1Br)C(C)C. The zero-order chi connectivity index (χ0) is 14.3. The van der Waals surface area contributed by atoms with E-state index in [1.54, 1.807) is 7.11 Å². The first-order valence-corrected chi connectivity index (χ1v) is 7.57. The lowest BCUT2D eigenvalue weighted by molar-refractivity contribution is 0.200. The summed E-state index contributed by atoms with van der Waals surface area (Å²) in [5.41, 5.74) is 2.51. The molecule has 1 aromatic carbocycles. The maximum atomic E-state index is 5.96. The van der Waals surface area contributed by atoms with Gasteiger partial charge in [-0.2, -0.15) is 0 Å². The Kier molecular flexibility index (Phi) is 7.69. The second kappa shape index (κ2) is 8.75. The molecule has 0 aliphatic rings. The van der Waals surface area contributed by atoms with Crippen molar-refractivity contribution < 1.29 is 4.74 Å². The standard InChI is InChI=1S/C15H21BrClNO/c1-11(2)13(10-18-6-7-19-3)8-12-4-5-14(17)9-15(12)16/h4-5,8-9,11,18H,6-7,10H2,1-3H3/b13-8-. The fraction of sp³-hybridized carbons (Fsp3) is 0.467. The molecule has 0 saturated carbocycles. The van der Waals surface area contributed by atoms with Gasteiger partial charge >= 0.3 is 0 Å². The van der Waals surface area contributed by atoms with Gasteiger partial charge in [-0.1, -0.05) is 59.1 Å². The average molecular weight is 347 g/mol. The summed E-state index contributed by atoms with van der Waals surface area (Å²) < 4.78 is 6.05. The highest BCUT2D eigenvalue weighted by molar-refractivity contribution is 9.10. The van der Waals surface area contributed by atoms with E-state index < -0.39 is 0 Å². The molecule has 2 nitrogen and oxygen atoms in total. The quantitative estimate of drug-likeness (QED) is 0.740. The third kappa shape index (κ3) is 6.09. The van der Waals surface area contributed by atoms with Gasteiger partial charge in [0.2, 0.25) is 0 Å². The van der Waals surface area contributed by atoms with Crippen LogP contribution in [0.5, 0.6) is 0 Å². The summed E-state index contributed by atoms with van der Waals surface area (Å²) in [6.07, 6.45) is 2.21. The van der Waals surface area contributed by atoms with Gasteiger partial charge in [0.05, 0.1) is 6.61 Å². The highest BCUT2D eigenvalue weighted by atomic mass is 79.9. The number of ether oxygens (including phenoxy) is 1. The Morgan fingerprint density at radius 3 is 2.79 bits per heavy atom. The van der Waals surface area contributed by atoms with E-state index in [0.717, 1.165) is 34.8 Å². The summed E-state index contributed by atoms with van der Waals surface area (Å²) in [6, 6.07) is 5.86. The molecule has 4 heteroatoms. The van der Waals surface area contributed by atoms with E-state index in [0.29, 0.717) is 5.92 Å². The molecule has 0 aliphatic carbocycles. The van der Waals surface area contributed by atoms with Crippen molar-refractivity contribution in [3.05, 3.63) is 38.8 Å². The minimum atomic E-state index is 0.498. The van der Waals surface area contributed by atoms with Crippen LogP contribution in [0.2, 0.25) is 5.02 Å². The summed E-state index contributed by atoms with van der Waals surface area (Å²) in [4.78, 5) is 0. The van der Waals surface area contributed by atoms with Gasteiger partial charge in [0.15, 0.2) is 0 Å². The highest BCUT2D eigenvalue weighted by Gasteiger charge is 2.05. The van der Waals surface area contributed by atoms with Crippen LogP contribution in [0.25, 0.3) is 6.08 Å². The van der Waals surface area contributed by atoms with Crippen molar-refractivity contribution in [1.82, 2.24) is 5.32 Å². The van der Waals surface area contributed by atoms with Crippen LogP contribution in [0.3, 0.4) is 0 Å². The van der Waals surface area contributed by atoms with Gasteiger partial charge in [-0.3, -0.25) is 0 Å². The Labute approximate surface area is 129 Å². The van der Waals surface area contributed by atoms with Gasteiger partial charge in [0.1, 0.15) is 0 Å². The van der Waals surface area contributed by atoms with E-state index in [-0.39, 0.29) is 0 Å². The number of hydrogen-bond donors (Lipinski definition) is 1. The summed E-state index contributed by atoms with van der Waals surface area (Å²) in [5, 5.41) is 4.13. The molecule has 0 bridgehead atoms. The van der Waals surface area contributed by atoms with Crippen molar-refractivity contribution in [3.8, 4) is 0 Å². The monoisotopic (exact) mass is 345 g/mol. The summed E-state index contributed by atoms with van der Waals surface area (Å²) in [6.45, 7) is 6.87. The molecule has 0 radical (unpaired) electrons. The molecule has 0 amide bonds. The first kappa shape index (κ1) is 16.7. The van der Waals surface area contributed by atoms with E-state index in [1.807, 2.05) is 18.2 Å². The molecule has 1 N–H and O–H groups in total. The molecule has 1 rings (SSSR count). The molecule has 0 aliphatic heterocycles. The lowest BCUT2D eigenvalue weighted by Gasteiger charge is -2.13. The van der Waals surface area contributed by atoms with Crippen molar-refractivity contribution in [2.24, 2.45) is 5.92 Å². The Morgan fingerprint density at radius 1 is 1.47 bits per heavy atom. The summed E-state index contributed by atoms with van der Waals surface area (Å²) in [5.74, 6) is 0.498.